The first-order valence-corrected chi connectivity index (χ1v) is 12.3. The van der Waals surface area contributed by atoms with Crippen LogP contribution < -0.4 is 14.9 Å². The number of hydrogen-bond donors (Lipinski definition) is 1. The number of benzene rings is 3. The zero-order valence-electron chi connectivity index (χ0n) is 20.4. The Morgan fingerprint density at radius 2 is 1.50 bits per heavy atom. The summed E-state index contributed by atoms with van der Waals surface area (Å²) in [6.45, 7) is 7.39. The summed E-state index contributed by atoms with van der Waals surface area (Å²) < 4.78 is 17.4. The van der Waals surface area contributed by atoms with E-state index >= 15 is 0 Å². The Hall–Kier alpha value is -3.81. The summed E-state index contributed by atoms with van der Waals surface area (Å²) in [5, 5.41) is 11.0. The molecular formula is C29H30N2O5. The Balaban J connectivity index is 1.33. The molecule has 0 atom stereocenters. The second kappa shape index (κ2) is 10.8. The van der Waals surface area contributed by atoms with Crippen LogP contribution in [0, 0.1) is 0 Å². The predicted molar refractivity (Wildman–Crippen MR) is 139 cm³/mol. The molecule has 1 N–H and O–H groups in total. The monoisotopic (exact) mass is 486 g/mol. The first-order valence-electron chi connectivity index (χ1n) is 12.3. The number of phenolic OH excluding ortho intramolecular Hbond substituents is 1. The molecule has 0 amide bonds. The smallest absolute Gasteiger partial charge is 0.235 e. The predicted octanol–water partition coefficient (Wildman–Crippen LogP) is 5.01. The highest BCUT2D eigenvalue weighted by Crippen LogP contribution is 2.33. The van der Waals surface area contributed by atoms with E-state index in [1.807, 2.05) is 25.1 Å². The second-order valence-electron chi connectivity index (χ2n) is 8.89. The van der Waals surface area contributed by atoms with Crippen LogP contribution in [0.2, 0.25) is 0 Å². The first kappa shape index (κ1) is 23.9. The first-order chi connectivity index (χ1) is 17.6. The summed E-state index contributed by atoms with van der Waals surface area (Å²) in [4.78, 5) is 18.0. The molecule has 0 unspecified atom stereocenters. The molecule has 1 aliphatic rings. The molecule has 7 heteroatoms. The van der Waals surface area contributed by atoms with Gasteiger partial charge in [-0.25, -0.2) is 0 Å². The van der Waals surface area contributed by atoms with Crippen molar-refractivity contribution in [3.8, 4) is 23.0 Å². The van der Waals surface area contributed by atoms with Crippen LogP contribution >= 0.6 is 0 Å². The SMILES string of the molecule is CCOc1ccccc1Oc1coc2c(CN3CCN(Cc4ccccc4)CC3)c(O)ccc2c1=O. The van der Waals surface area contributed by atoms with Crippen molar-refractivity contribution in [3.05, 3.63) is 94.3 Å². The van der Waals surface area contributed by atoms with Gasteiger partial charge < -0.3 is 19.0 Å². The van der Waals surface area contributed by atoms with Crippen LogP contribution in [0.5, 0.6) is 23.0 Å². The fourth-order valence-corrected chi connectivity index (χ4v) is 4.55. The largest absolute Gasteiger partial charge is 0.507 e. The maximum absolute atomic E-state index is 13.2. The van der Waals surface area contributed by atoms with E-state index in [1.54, 1.807) is 24.3 Å². The number of ether oxygens (including phenoxy) is 2. The van der Waals surface area contributed by atoms with E-state index in [4.69, 9.17) is 13.9 Å². The lowest BCUT2D eigenvalue weighted by Gasteiger charge is -2.34. The molecule has 0 aliphatic carbocycles. The molecule has 7 nitrogen and oxygen atoms in total. The van der Waals surface area contributed by atoms with Crippen LogP contribution in [0.15, 0.2) is 82.2 Å². The summed E-state index contributed by atoms with van der Waals surface area (Å²) >= 11 is 0. The van der Waals surface area contributed by atoms with E-state index in [9.17, 15) is 9.90 Å². The van der Waals surface area contributed by atoms with Crippen LogP contribution in [-0.2, 0) is 13.1 Å². The number of piperazine rings is 1. The molecule has 3 aromatic carbocycles. The molecule has 186 valence electrons. The Kier molecular flexibility index (Phi) is 7.21. The fourth-order valence-electron chi connectivity index (χ4n) is 4.55. The Labute approximate surface area is 210 Å². The van der Waals surface area contributed by atoms with Crippen molar-refractivity contribution in [2.45, 2.75) is 20.0 Å². The molecule has 1 fully saturated rings. The number of para-hydroxylation sites is 2. The zero-order chi connectivity index (χ0) is 24.9. The minimum Gasteiger partial charge on any atom is -0.507 e. The maximum atomic E-state index is 13.2. The van der Waals surface area contributed by atoms with Crippen LogP contribution in [0.4, 0.5) is 0 Å². The average molecular weight is 487 g/mol. The average Bonchev–Trinajstić information content (AvgIpc) is 2.90. The third-order valence-corrected chi connectivity index (χ3v) is 6.45. The quantitative estimate of drug-likeness (QED) is 0.375. The lowest BCUT2D eigenvalue weighted by Crippen LogP contribution is -2.45. The van der Waals surface area contributed by atoms with Gasteiger partial charge in [0.1, 0.15) is 17.6 Å². The van der Waals surface area contributed by atoms with E-state index in [1.165, 1.54) is 11.8 Å². The van der Waals surface area contributed by atoms with Gasteiger partial charge in [0, 0.05) is 39.3 Å². The molecular weight excluding hydrogens is 456 g/mol. The van der Waals surface area contributed by atoms with Gasteiger partial charge in [-0.2, -0.15) is 0 Å². The van der Waals surface area contributed by atoms with Crippen molar-refractivity contribution < 1.29 is 19.0 Å². The van der Waals surface area contributed by atoms with Crippen LogP contribution in [0.1, 0.15) is 18.1 Å². The van der Waals surface area contributed by atoms with Crippen LogP contribution in [-0.4, -0.2) is 47.7 Å². The van der Waals surface area contributed by atoms with Crippen molar-refractivity contribution >= 4 is 11.0 Å². The number of rotatable bonds is 8. The van der Waals surface area contributed by atoms with E-state index < -0.39 is 0 Å². The molecule has 1 saturated heterocycles. The van der Waals surface area contributed by atoms with Crippen molar-refractivity contribution in [2.75, 3.05) is 32.8 Å². The van der Waals surface area contributed by atoms with Crippen LogP contribution in [0.3, 0.4) is 0 Å². The molecule has 1 aliphatic heterocycles. The summed E-state index contributed by atoms with van der Waals surface area (Å²) in [6, 6.07) is 20.8. The second-order valence-corrected chi connectivity index (χ2v) is 8.89. The number of nitrogens with zero attached hydrogens (tertiary/aromatic N) is 2. The number of phenols is 1. The standard InChI is InChI=1S/C29H30N2O5/c1-2-34-25-10-6-7-11-26(25)36-27-20-35-29-22(28(27)33)12-13-24(32)23(29)19-31-16-14-30(15-17-31)18-21-8-4-3-5-9-21/h3-13,20,32H,2,14-19H2,1H3. The summed E-state index contributed by atoms with van der Waals surface area (Å²) in [7, 11) is 0. The van der Waals surface area contributed by atoms with E-state index in [-0.39, 0.29) is 16.9 Å². The van der Waals surface area contributed by atoms with E-state index in [2.05, 4.69) is 34.1 Å². The van der Waals surface area contributed by atoms with Crippen LogP contribution in [0.25, 0.3) is 11.0 Å². The molecule has 5 rings (SSSR count). The van der Waals surface area contributed by atoms with Crippen molar-refractivity contribution in [1.82, 2.24) is 9.80 Å². The number of fused-ring (bicyclic) bond motifs is 1. The molecule has 36 heavy (non-hydrogen) atoms. The summed E-state index contributed by atoms with van der Waals surface area (Å²) in [5.74, 6) is 1.18. The molecule has 0 saturated carbocycles. The van der Waals surface area contributed by atoms with Crippen molar-refractivity contribution in [3.63, 3.8) is 0 Å². The zero-order valence-corrected chi connectivity index (χ0v) is 20.4. The van der Waals surface area contributed by atoms with Crippen molar-refractivity contribution in [1.29, 1.82) is 0 Å². The van der Waals surface area contributed by atoms with E-state index in [0.717, 1.165) is 32.7 Å². The molecule has 0 radical (unpaired) electrons. The molecule has 4 aromatic rings. The van der Waals surface area contributed by atoms with Crippen molar-refractivity contribution in [2.24, 2.45) is 0 Å². The summed E-state index contributed by atoms with van der Waals surface area (Å²) in [5.41, 5.74) is 2.01. The molecule has 1 aromatic heterocycles. The highest BCUT2D eigenvalue weighted by Gasteiger charge is 2.22. The highest BCUT2D eigenvalue weighted by molar-refractivity contribution is 5.83. The van der Waals surface area contributed by atoms with Gasteiger partial charge in [-0.3, -0.25) is 14.6 Å². The van der Waals surface area contributed by atoms with Gasteiger partial charge in [0.25, 0.3) is 0 Å². The summed E-state index contributed by atoms with van der Waals surface area (Å²) in [6.07, 6.45) is 1.31. The topological polar surface area (TPSA) is 75.4 Å². The molecule has 2 heterocycles. The number of aromatic hydroxyl groups is 1. The molecule has 0 bridgehead atoms. The minimum atomic E-state index is -0.295. The minimum absolute atomic E-state index is 0.0702. The normalized spacial score (nSPS) is 14.7. The lowest BCUT2D eigenvalue weighted by molar-refractivity contribution is 0.121. The maximum Gasteiger partial charge on any atom is 0.235 e. The highest BCUT2D eigenvalue weighted by atomic mass is 16.5. The Morgan fingerprint density at radius 1 is 0.833 bits per heavy atom. The van der Waals surface area contributed by atoms with Gasteiger partial charge >= 0.3 is 0 Å². The third-order valence-electron chi connectivity index (χ3n) is 6.45. The number of hydrogen-bond acceptors (Lipinski definition) is 7. The Morgan fingerprint density at radius 3 is 2.22 bits per heavy atom. The van der Waals surface area contributed by atoms with Gasteiger partial charge in [-0.1, -0.05) is 42.5 Å². The van der Waals surface area contributed by atoms with Gasteiger partial charge in [0.15, 0.2) is 11.5 Å². The molecule has 0 spiro atoms. The third kappa shape index (κ3) is 5.22. The Bertz CT molecular complexity index is 1380. The lowest BCUT2D eigenvalue weighted by atomic mass is 10.1. The van der Waals surface area contributed by atoms with E-state index in [0.29, 0.717) is 41.2 Å². The van der Waals surface area contributed by atoms with Gasteiger partial charge in [0.05, 0.1) is 17.6 Å². The van der Waals surface area contributed by atoms with Gasteiger partial charge in [-0.05, 0) is 36.8 Å². The fraction of sp³-hybridized carbons (Fsp3) is 0.276. The van der Waals surface area contributed by atoms with Gasteiger partial charge in [0.2, 0.25) is 11.2 Å². The van der Waals surface area contributed by atoms with Gasteiger partial charge in [-0.15, -0.1) is 0 Å².